The molecular formula is C18H29Cl3N2O. The van der Waals surface area contributed by atoms with E-state index in [4.69, 9.17) is 17.3 Å². The molecule has 1 aliphatic carbocycles. The number of benzene rings is 1. The Morgan fingerprint density at radius 2 is 1.96 bits per heavy atom. The van der Waals surface area contributed by atoms with E-state index in [2.05, 4.69) is 17.0 Å². The number of nitrogens with two attached hydrogens (primary N) is 1. The summed E-state index contributed by atoms with van der Waals surface area (Å²) in [6.45, 7) is 3.02. The van der Waals surface area contributed by atoms with Crippen molar-refractivity contribution in [3.63, 3.8) is 0 Å². The molecule has 1 heterocycles. The molecule has 3 rings (SSSR count). The van der Waals surface area contributed by atoms with E-state index in [9.17, 15) is 5.11 Å². The summed E-state index contributed by atoms with van der Waals surface area (Å²) in [6.07, 6.45) is 5.30. The zero-order valence-corrected chi connectivity index (χ0v) is 16.3. The summed E-state index contributed by atoms with van der Waals surface area (Å²) in [7, 11) is 0. The Kier molecular flexibility index (Phi) is 9.35. The molecule has 0 radical (unpaired) electrons. The molecule has 1 aliphatic heterocycles. The van der Waals surface area contributed by atoms with Crippen molar-refractivity contribution in [3.05, 3.63) is 34.9 Å². The SMILES string of the molecule is Cl.Cl.N[C@H]1CCN(C[C@H](c2cccc(Cl)c2)C2CCCCC2O)C1. The first kappa shape index (κ1) is 22.0. The van der Waals surface area contributed by atoms with Crippen LogP contribution < -0.4 is 5.73 Å². The Morgan fingerprint density at radius 1 is 1.21 bits per heavy atom. The Balaban J connectivity index is 0.00000144. The van der Waals surface area contributed by atoms with Crippen molar-refractivity contribution in [3.8, 4) is 0 Å². The van der Waals surface area contributed by atoms with Crippen LogP contribution in [0.4, 0.5) is 0 Å². The predicted molar refractivity (Wildman–Crippen MR) is 106 cm³/mol. The summed E-state index contributed by atoms with van der Waals surface area (Å²) in [4.78, 5) is 2.46. The lowest BCUT2D eigenvalue weighted by Gasteiger charge is -2.36. The molecule has 2 aliphatic rings. The van der Waals surface area contributed by atoms with Gasteiger partial charge in [0.25, 0.3) is 0 Å². The van der Waals surface area contributed by atoms with Crippen molar-refractivity contribution >= 4 is 36.4 Å². The molecule has 3 nitrogen and oxygen atoms in total. The molecule has 1 saturated heterocycles. The summed E-state index contributed by atoms with van der Waals surface area (Å²) in [5.41, 5.74) is 7.32. The van der Waals surface area contributed by atoms with Gasteiger partial charge in [-0.15, -0.1) is 24.8 Å². The lowest BCUT2D eigenvalue weighted by molar-refractivity contribution is 0.0476. The van der Waals surface area contributed by atoms with Gasteiger partial charge >= 0.3 is 0 Å². The standard InChI is InChI=1S/C18H27ClN2O.2ClH/c19-14-5-3-4-13(10-14)17(12-21-9-8-15(20)11-21)16-6-1-2-7-18(16)22;;/h3-5,10,15-18,22H,1-2,6-9,11-12,20H2;2*1H/t15-,16?,17+,18?;;/m0../s1. The van der Waals surface area contributed by atoms with Crippen LogP contribution in [0.2, 0.25) is 5.02 Å². The zero-order valence-electron chi connectivity index (χ0n) is 13.9. The first-order valence-corrected chi connectivity index (χ1v) is 8.93. The number of likely N-dealkylation sites (tertiary alicyclic amines) is 1. The van der Waals surface area contributed by atoms with E-state index in [1.165, 1.54) is 12.0 Å². The van der Waals surface area contributed by atoms with Gasteiger partial charge in [-0.05, 0) is 49.4 Å². The fourth-order valence-electron chi connectivity index (χ4n) is 4.14. The molecule has 0 spiro atoms. The highest BCUT2D eigenvalue weighted by Crippen LogP contribution is 2.38. The molecule has 138 valence electrons. The van der Waals surface area contributed by atoms with Gasteiger partial charge in [0.1, 0.15) is 0 Å². The third kappa shape index (κ3) is 5.48. The average Bonchev–Trinajstić information content (AvgIpc) is 2.91. The Morgan fingerprint density at radius 3 is 2.58 bits per heavy atom. The summed E-state index contributed by atoms with van der Waals surface area (Å²) < 4.78 is 0. The number of aliphatic hydroxyl groups excluding tert-OH is 1. The first-order chi connectivity index (χ1) is 10.6. The van der Waals surface area contributed by atoms with Crippen LogP contribution in [0.5, 0.6) is 0 Å². The van der Waals surface area contributed by atoms with Crippen molar-refractivity contribution in [1.29, 1.82) is 0 Å². The lowest BCUT2D eigenvalue weighted by Crippen LogP contribution is -2.37. The van der Waals surface area contributed by atoms with Crippen molar-refractivity contribution in [1.82, 2.24) is 4.90 Å². The number of hydrogen-bond acceptors (Lipinski definition) is 3. The van der Waals surface area contributed by atoms with Crippen LogP contribution in [-0.2, 0) is 0 Å². The van der Waals surface area contributed by atoms with E-state index in [1.54, 1.807) is 0 Å². The van der Waals surface area contributed by atoms with Crippen LogP contribution in [-0.4, -0.2) is 41.8 Å². The number of rotatable bonds is 4. The van der Waals surface area contributed by atoms with Gasteiger partial charge in [-0.25, -0.2) is 0 Å². The lowest BCUT2D eigenvalue weighted by atomic mass is 9.75. The second-order valence-corrected chi connectivity index (χ2v) is 7.42. The molecule has 1 aromatic carbocycles. The number of aliphatic hydroxyl groups is 1. The van der Waals surface area contributed by atoms with E-state index >= 15 is 0 Å². The molecule has 0 amide bonds. The molecule has 2 fully saturated rings. The normalized spacial score (nSPS) is 28.7. The van der Waals surface area contributed by atoms with Gasteiger partial charge in [-0.2, -0.15) is 0 Å². The smallest absolute Gasteiger partial charge is 0.0574 e. The molecule has 6 heteroatoms. The zero-order chi connectivity index (χ0) is 15.5. The highest BCUT2D eigenvalue weighted by Gasteiger charge is 2.34. The van der Waals surface area contributed by atoms with Crippen molar-refractivity contribution < 1.29 is 5.11 Å². The minimum absolute atomic E-state index is 0. The van der Waals surface area contributed by atoms with E-state index in [1.807, 2.05) is 12.1 Å². The Hall–Kier alpha value is -0.0300. The van der Waals surface area contributed by atoms with Crippen molar-refractivity contribution in [2.75, 3.05) is 19.6 Å². The third-order valence-corrected chi connectivity index (χ3v) is 5.57. The fourth-order valence-corrected chi connectivity index (χ4v) is 4.34. The largest absolute Gasteiger partial charge is 0.393 e. The molecule has 3 N–H and O–H groups in total. The number of nitrogens with zero attached hydrogens (tertiary/aromatic N) is 1. The van der Waals surface area contributed by atoms with E-state index < -0.39 is 0 Å². The number of hydrogen-bond donors (Lipinski definition) is 2. The molecule has 2 unspecified atom stereocenters. The number of halogens is 3. The second kappa shape index (κ2) is 10.2. The average molecular weight is 396 g/mol. The summed E-state index contributed by atoms with van der Waals surface area (Å²) in [5.74, 6) is 0.684. The summed E-state index contributed by atoms with van der Waals surface area (Å²) >= 11 is 6.21. The molecule has 0 aromatic heterocycles. The highest BCUT2D eigenvalue weighted by atomic mass is 35.5. The van der Waals surface area contributed by atoms with Crippen LogP contribution in [0.3, 0.4) is 0 Å². The van der Waals surface area contributed by atoms with Crippen LogP contribution in [0.25, 0.3) is 0 Å². The molecule has 0 bridgehead atoms. The van der Waals surface area contributed by atoms with Gasteiger partial charge in [-0.3, -0.25) is 0 Å². The minimum atomic E-state index is -0.186. The fraction of sp³-hybridized carbons (Fsp3) is 0.667. The van der Waals surface area contributed by atoms with E-state index in [-0.39, 0.29) is 30.9 Å². The van der Waals surface area contributed by atoms with Gasteiger partial charge in [0.2, 0.25) is 0 Å². The van der Waals surface area contributed by atoms with Crippen LogP contribution in [0.1, 0.15) is 43.6 Å². The first-order valence-electron chi connectivity index (χ1n) is 8.55. The van der Waals surface area contributed by atoms with E-state index in [0.717, 1.165) is 50.3 Å². The topological polar surface area (TPSA) is 49.5 Å². The quantitative estimate of drug-likeness (QED) is 0.814. The van der Waals surface area contributed by atoms with Gasteiger partial charge in [0, 0.05) is 30.1 Å². The van der Waals surface area contributed by atoms with Gasteiger partial charge in [-0.1, -0.05) is 36.6 Å². The Bertz CT molecular complexity index is 503. The molecule has 1 aromatic rings. The van der Waals surface area contributed by atoms with Gasteiger partial charge in [0.05, 0.1) is 6.10 Å². The van der Waals surface area contributed by atoms with Crippen molar-refractivity contribution in [2.45, 2.75) is 50.2 Å². The molecule has 4 atom stereocenters. The van der Waals surface area contributed by atoms with E-state index in [0.29, 0.717) is 17.9 Å². The maximum Gasteiger partial charge on any atom is 0.0574 e. The van der Waals surface area contributed by atoms with Crippen LogP contribution >= 0.6 is 36.4 Å². The molecule has 24 heavy (non-hydrogen) atoms. The Labute approximate surface area is 162 Å². The predicted octanol–water partition coefficient (Wildman–Crippen LogP) is 3.85. The minimum Gasteiger partial charge on any atom is -0.393 e. The van der Waals surface area contributed by atoms with Crippen molar-refractivity contribution in [2.24, 2.45) is 11.7 Å². The third-order valence-electron chi connectivity index (χ3n) is 5.34. The van der Waals surface area contributed by atoms with Gasteiger partial charge < -0.3 is 15.7 Å². The maximum absolute atomic E-state index is 10.5. The second-order valence-electron chi connectivity index (χ2n) is 6.99. The van der Waals surface area contributed by atoms with Crippen LogP contribution in [0, 0.1) is 5.92 Å². The maximum atomic E-state index is 10.5. The van der Waals surface area contributed by atoms with Crippen LogP contribution in [0.15, 0.2) is 24.3 Å². The monoisotopic (exact) mass is 394 g/mol. The summed E-state index contributed by atoms with van der Waals surface area (Å²) in [6, 6.07) is 8.48. The molecular weight excluding hydrogens is 367 g/mol. The van der Waals surface area contributed by atoms with Gasteiger partial charge in [0.15, 0.2) is 0 Å². The molecule has 1 saturated carbocycles. The summed E-state index contributed by atoms with van der Waals surface area (Å²) in [5, 5.41) is 11.3. The highest BCUT2D eigenvalue weighted by molar-refractivity contribution is 6.30.